The third kappa shape index (κ3) is 2.36. The van der Waals surface area contributed by atoms with Gasteiger partial charge in [-0.15, -0.1) is 23.7 Å². The highest BCUT2D eigenvalue weighted by atomic mass is 35.5. The standard InChI is InChI=1S/C7H8ClN3OS.ClH/c8-6-5(13-3-10-6)7(12)11-4-1-9-2-4;/h3-4,9H,1-2H2,(H,11,12);1H. The lowest BCUT2D eigenvalue weighted by Crippen LogP contribution is -2.56. The molecule has 1 amide bonds. The first-order chi connectivity index (χ1) is 6.27. The summed E-state index contributed by atoms with van der Waals surface area (Å²) in [6.07, 6.45) is 0. The molecule has 2 rings (SSSR count). The van der Waals surface area contributed by atoms with Crippen LogP contribution in [0.3, 0.4) is 0 Å². The summed E-state index contributed by atoms with van der Waals surface area (Å²) in [5, 5.41) is 6.20. The minimum Gasteiger partial charge on any atom is -0.346 e. The highest BCUT2D eigenvalue weighted by Crippen LogP contribution is 2.18. The van der Waals surface area contributed by atoms with Crippen molar-refractivity contribution < 1.29 is 4.79 Å². The minimum atomic E-state index is -0.126. The summed E-state index contributed by atoms with van der Waals surface area (Å²) in [4.78, 5) is 15.8. The molecule has 2 heterocycles. The van der Waals surface area contributed by atoms with Gasteiger partial charge in [0.25, 0.3) is 5.91 Å². The topological polar surface area (TPSA) is 54.0 Å². The van der Waals surface area contributed by atoms with Gasteiger partial charge in [0.2, 0.25) is 0 Å². The van der Waals surface area contributed by atoms with Gasteiger partial charge in [0.05, 0.1) is 11.6 Å². The second-order valence-electron chi connectivity index (χ2n) is 2.80. The Labute approximate surface area is 96.5 Å². The van der Waals surface area contributed by atoms with E-state index in [4.69, 9.17) is 11.6 Å². The predicted molar refractivity (Wildman–Crippen MR) is 58.5 cm³/mol. The number of rotatable bonds is 2. The second-order valence-corrected chi connectivity index (χ2v) is 4.01. The summed E-state index contributed by atoms with van der Waals surface area (Å²) < 4.78 is 0. The molecule has 78 valence electrons. The Morgan fingerprint density at radius 2 is 2.43 bits per heavy atom. The van der Waals surface area contributed by atoms with Gasteiger partial charge >= 0.3 is 0 Å². The van der Waals surface area contributed by atoms with Crippen molar-refractivity contribution in [1.82, 2.24) is 15.6 Å². The first-order valence-electron chi connectivity index (χ1n) is 3.88. The summed E-state index contributed by atoms with van der Waals surface area (Å²) in [6, 6.07) is 0.241. The molecule has 1 saturated heterocycles. The molecule has 14 heavy (non-hydrogen) atoms. The Kier molecular flexibility index (Phi) is 4.12. The van der Waals surface area contributed by atoms with E-state index in [-0.39, 0.29) is 29.5 Å². The molecule has 0 bridgehead atoms. The van der Waals surface area contributed by atoms with Gasteiger partial charge in [0.15, 0.2) is 5.15 Å². The lowest BCUT2D eigenvalue weighted by atomic mass is 10.2. The van der Waals surface area contributed by atoms with E-state index in [9.17, 15) is 4.79 Å². The molecule has 1 fully saturated rings. The van der Waals surface area contributed by atoms with E-state index in [1.54, 1.807) is 5.51 Å². The Morgan fingerprint density at radius 3 is 2.86 bits per heavy atom. The van der Waals surface area contributed by atoms with E-state index in [0.717, 1.165) is 13.1 Å². The zero-order valence-corrected chi connectivity index (χ0v) is 9.51. The lowest BCUT2D eigenvalue weighted by Gasteiger charge is -2.27. The van der Waals surface area contributed by atoms with Gasteiger partial charge in [-0.3, -0.25) is 4.79 Å². The van der Waals surface area contributed by atoms with Crippen LogP contribution in [0.25, 0.3) is 0 Å². The average molecular weight is 254 g/mol. The van der Waals surface area contributed by atoms with Gasteiger partial charge < -0.3 is 10.6 Å². The first kappa shape index (κ1) is 11.7. The quantitative estimate of drug-likeness (QED) is 0.825. The molecule has 0 aliphatic carbocycles. The molecule has 7 heteroatoms. The Hall–Kier alpha value is -0.360. The van der Waals surface area contributed by atoms with E-state index in [2.05, 4.69) is 15.6 Å². The number of halogens is 2. The molecular weight excluding hydrogens is 245 g/mol. The summed E-state index contributed by atoms with van der Waals surface area (Å²) in [5.41, 5.74) is 1.57. The normalized spacial score (nSPS) is 15.5. The third-order valence-electron chi connectivity index (χ3n) is 1.85. The molecule has 0 spiro atoms. The van der Waals surface area contributed by atoms with E-state index in [1.807, 2.05) is 0 Å². The summed E-state index contributed by atoms with van der Waals surface area (Å²) in [7, 11) is 0. The highest BCUT2D eigenvalue weighted by molar-refractivity contribution is 7.12. The van der Waals surface area contributed by atoms with Crippen molar-refractivity contribution in [1.29, 1.82) is 0 Å². The number of amides is 1. The van der Waals surface area contributed by atoms with Crippen LogP contribution in [-0.2, 0) is 0 Å². The van der Waals surface area contributed by atoms with Gasteiger partial charge in [-0.2, -0.15) is 0 Å². The van der Waals surface area contributed by atoms with Crippen molar-refractivity contribution in [2.45, 2.75) is 6.04 Å². The monoisotopic (exact) mass is 253 g/mol. The summed E-state index contributed by atoms with van der Waals surface area (Å²) in [6.45, 7) is 1.67. The van der Waals surface area contributed by atoms with E-state index < -0.39 is 0 Å². The molecule has 4 nitrogen and oxygen atoms in total. The van der Waals surface area contributed by atoms with Gasteiger partial charge in [-0.05, 0) is 0 Å². The molecule has 1 aromatic heterocycles. The summed E-state index contributed by atoms with van der Waals surface area (Å²) >= 11 is 6.96. The molecule has 1 aliphatic heterocycles. The third-order valence-corrected chi connectivity index (χ3v) is 3.07. The van der Waals surface area contributed by atoms with Crippen molar-refractivity contribution in [3.05, 3.63) is 15.5 Å². The number of carbonyl (C=O) groups is 1. The average Bonchev–Trinajstić information content (AvgIpc) is 2.43. The zero-order chi connectivity index (χ0) is 9.26. The van der Waals surface area contributed by atoms with Gasteiger partial charge in [0.1, 0.15) is 4.88 Å². The first-order valence-corrected chi connectivity index (χ1v) is 5.13. The van der Waals surface area contributed by atoms with Crippen LogP contribution in [0.4, 0.5) is 0 Å². The molecule has 0 unspecified atom stereocenters. The van der Waals surface area contributed by atoms with Crippen LogP contribution in [0.1, 0.15) is 9.67 Å². The van der Waals surface area contributed by atoms with E-state index in [1.165, 1.54) is 11.3 Å². The SMILES string of the molecule is Cl.O=C(NC1CNC1)c1scnc1Cl. The van der Waals surface area contributed by atoms with Crippen LogP contribution < -0.4 is 10.6 Å². The van der Waals surface area contributed by atoms with E-state index >= 15 is 0 Å². The highest BCUT2D eigenvalue weighted by Gasteiger charge is 2.21. The molecule has 1 aliphatic rings. The number of nitrogens with zero attached hydrogens (tertiary/aromatic N) is 1. The second kappa shape index (κ2) is 4.93. The fourth-order valence-electron chi connectivity index (χ4n) is 1.02. The van der Waals surface area contributed by atoms with Crippen LogP contribution in [-0.4, -0.2) is 30.0 Å². The number of carbonyl (C=O) groups excluding carboxylic acids is 1. The van der Waals surface area contributed by atoms with Crippen molar-refractivity contribution in [3.8, 4) is 0 Å². The maximum absolute atomic E-state index is 11.5. The molecule has 0 aromatic carbocycles. The van der Waals surface area contributed by atoms with Crippen molar-refractivity contribution in [3.63, 3.8) is 0 Å². The Bertz CT molecular complexity index is 326. The maximum atomic E-state index is 11.5. The van der Waals surface area contributed by atoms with Crippen LogP contribution in [0, 0.1) is 0 Å². The molecule has 0 saturated carbocycles. The van der Waals surface area contributed by atoms with Crippen molar-refractivity contribution >= 4 is 41.3 Å². The van der Waals surface area contributed by atoms with Gasteiger partial charge in [0, 0.05) is 13.1 Å². The van der Waals surface area contributed by atoms with Crippen molar-refractivity contribution in [2.75, 3.05) is 13.1 Å². The van der Waals surface area contributed by atoms with Gasteiger partial charge in [-0.25, -0.2) is 4.98 Å². The van der Waals surface area contributed by atoms with Crippen LogP contribution in [0.2, 0.25) is 5.15 Å². The largest absolute Gasteiger partial charge is 0.346 e. The minimum absolute atomic E-state index is 0. The fraction of sp³-hybridized carbons (Fsp3) is 0.429. The van der Waals surface area contributed by atoms with Crippen molar-refractivity contribution in [2.24, 2.45) is 0 Å². The smallest absolute Gasteiger partial charge is 0.264 e. The molecule has 0 radical (unpaired) electrons. The van der Waals surface area contributed by atoms with Crippen LogP contribution >= 0.6 is 35.3 Å². The Morgan fingerprint density at radius 1 is 1.71 bits per heavy atom. The number of aromatic nitrogens is 1. The molecule has 2 N–H and O–H groups in total. The Balaban J connectivity index is 0.000000980. The number of thiazole rings is 1. The maximum Gasteiger partial charge on any atom is 0.264 e. The van der Waals surface area contributed by atoms with Crippen LogP contribution in [0.5, 0.6) is 0 Å². The number of hydrogen-bond acceptors (Lipinski definition) is 4. The molecule has 0 atom stereocenters. The van der Waals surface area contributed by atoms with Gasteiger partial charge in [-0.1, -0.05) is 11.6 Å². The lowest BCUT2D eigenvalue weighted by molar-refractivity contribution is 0.0928. The number of nitrogens with one attached hydrogen (secondary N) is 2. The zero-order valence-electron chi connectivity index (χ0n) is 7.12. The molecular formula is C7H9Cl2N3OS. The number of hydrogen-bond donors (Lipinski definition) is 2. The summed E-state index contributed by atoms with van der Waals surface area (Å²) in [5.74, 6) is -0.126. The fourth-order valence-corrected chi connectivity index (χ4v) is 1.93. The van der Waals surface area contributed by atoms with Crippen LogP contribution in [0.15, 0.2) is 5.51 Å². The molecule has 1 aromatic rings. The van der Waals surface area contributed by atoms with E-state index in [0.29, 0.717) is 4.88 Å². The predicted octanol–water partition coefficient (Wildman–Crippen LogP) is 0.920.